The zero-order valence-corrected chi connectivity index (χ0v) is 21.3. The number of halogens is 1. The molecule has 0 saturated carbocycles. The van der Waals surface area contributed by atoms with E-state index in [1.54, 1.807) is 12.3 Å². The van der Waals surface area contributed by atoms with Gasteiger partial charge in [0.15, 0.2) is 0 Å². The van der Waals surface area contributed by atoms with Crippen molar-refractivity contribution in [2.45, 2.75) is 19.4 Å². The van der Waals surface area contributed by atoms with E-state index in [9.17, 15) is 4.79 Å². The summed E-state index contributed by atoms with van der Waals surface area (Å²) in [5, 5.41) is 6.25. The van der Waals surface area contributed by atoms with E-state index in [2.05, 4.69) is 54.1 Å². The van der Waals surface area contributed by atoms with Crippen molar-refractivity contribution in [3.05, 3.63) is 83.0 Å². The van der Waals surface area contributed by atoms with Crippen LogP contribution in [0, 0.1) is 0 Å². The van der Waals surface area contributed by atoms with Crippen LogP contribution < -0.4 is 10.6 Å². The molecule has 2 N–H and O–H groups in total. The zero-order valence-electron chi connectivity index (χ0n) is 19.7. The topological polar surface area (TPSA) is 79.4 Å². The van der Waals surface area contributed by atoms with Crippen LogP contribution in [0.15, 0.2) is 71.9 Å². The molecule has 1 aromatic heterocycles. The Morgan fingerprint density at radius 2 is 2.03 bits per heavy atom. The summed E-state index contributed by atoms with van der Waals surface area (Å²) < 4.78 is 6.35. The van der Waals surface area contributed by atoms with Gasteiger partial charge in [-0.2, -0.15) is 0 Å². The monoisotopic (exact) mass is 535 g/mol. The van der Waals surface area contributed by atoms with E-state index in [1.807, 2.05) is 42.5 Å². The Kier molecular flexibility index (Phi) is 9.00. The lowest BCUT2D eigenvalue weighted by atomic mass is 10.1. The van der Waals surface area contributed by atoms with Crippen LogP contribution in [0.5, 0.6) is 0 Å². The Bertz CT molecular complexity index is 1160. The summed E-state index contributed by atoms with van der Waals surface area (Å²) in [5.41, 5.74) is 4.13. The number of ether oxygens (including phenoxy) is 1. The number of anilines is 2. The van der Waals surface area contributed by atoms with Gasteiger partial charge in [-0.25, -0.2) is 9.97 Å². The summed E-state index contributed by atoms with van der Waals surface area (Å²) in [5.74, 6) is 0.355. The Balaban J connectivity index is 1.42. The molecule has 1 aliphatic rings. The Labute approximate surface area is 214 Å². The predicted octanol–water partition coefficient (Wildman–Crippen LogP) is 5.18. The molecule has 182 valence electrons. The minimum Gasteiger partial charge on any atom is -0.373 e. The number of nitrogens with zero attached hydrogens (tertiary/aromatic N) is 3. The van der Waals surface area contributed by atoms with Gasteiger partial charge in [-0.1, -0.05) is 40.2 Å². The van der Waals surface area contributed by atoms with Crippen LogP contribution in [-0.4, -0.2) is 53.6 Å². The number of rotatable bonds is 11. The van der Waals surface area contributed by atoms with Crippen LogP contribution in [0.1, 0.15) is 28.8 Å². The maximum Gasteiger partial charge on any atom is 0.251 e. The van der Waals surface area contributed by atoms with Gasteiger partial charge in [-0.3, -0.25) is 4.79 Å². The molecule has 1 fully saturated rings. The van der Waals surface area contributed by atoms with Gasteiger partial charge in [-0.15, -0.1) is 6.58 Å². The number of amides is 1. The normalized spacial score (nSPS) is 13.5. The van der Waals surface area contributed by atoms with Gasteiger partial charge >= 0.3 is 0 Å². The van der Waals surface area contributed by atoms with Crippen molar-refractivity contribution >= 4 is 33.5 Å². The van der Waals surface area contributed by atoms with Gasteiger partial charge in [0.2, 0.25) is 5.95 Å². The first-order valence-corrected chi connectivity index (χ1v) is 12.6. The molecule has 1 aliphatic heterocycles. The number of benzene rings is 2. The fraction of sp³-hybridized carbons (Fsp3) is 0.296. The van der Waals surface area contributed by atoms with Crippen molar-refractivity contribution in [2.75, 3.05) is 38.1 Å². The van der Waals surface area contributed by atoms with Crippen LogP contribution in [0.25, 0.3) is 11.3 Å². The smallest absolute Gasteiger partial charge is 0.251 e. The molecule has 0 unspecified atom stereocenters. The molecule has 1 amide bonds. The van der Waals surface area contributed by atoms with E-state index in [0.29, 0.717) is 31.3 Å². The lowest BCUT2D eigenvalue weighted by molar-refractivity contribution is 0.0949. The highest BCUT2D eigenvalue weighted by Crippen LogP contribution is 2.24. The van der Waals surface area contributed by atoms with Crippen molar-refractivity contribution in [1.29, 1.82) is 0 Å². The van der Waals surface area contributed by atoms with Gasteiger partial charge in [0.1, 0.15) is 0 Å². The van der Waals surface area contributed by atoms with Gasteiger partial charge in [0, 0.05) is 40.6 Å². The maximum atomic E-state index is 12.7. The molecule has 1 saturated heterocycles. The van der Waals surface area contributed by atoms with Crippen molar-refractivity contribution in [3.63, 3.8) is 0 Å². The summed E-state index contributed by atoms with van der Waals surface area (Å²) in [4.78, 5) is 24.1. The summed E-state index contributed by atoms with van der Waals surface area (Å²) in [6.07, 6.45) is 5.94. The van der Waals surface area contributed by atoms with E-state index in [-0.39, 0.29) is 5.91 Å². The molecule has 8 heteroatoms. The molecular weight excluding hydrogens is 506 g/mol. The van der Waals surface area contributed by atoms with Gasteiger partial charge in [0.05, 0.1) is 18.9 Å². The zero-order chi connectivity index (χ0) is 24.5. The molecule has 35 heavy (non-hydrogen) atoms. The molecule has 3 aromatic rings. The third kappa shape index (κ3) is 7.45. The summed E-state index contributed by atoms with van der Waals surface area (Å²) >= 11 is 3.51. The standard InChI is InChI=1S/C27H30BrN5O2/c1-2-14-35-19-20-6-5-7-21(15-20)25-8-9-30-27(32-25)31-24-17-22(16-23(28)18-24)26(34)29-10-13-33-11-3-4-12-33/h2,5-9,15-18H,1,3-4,10-14,19H2,(H,29,34)(H,30,31,32). The molecule has 7 nitrogen and oxygen atoms in total. The first kappa shape index (κ1) is 25.0. The minimum atomic E-state index is -0.0984. The highest BCUT2D eigenvalue weighted by molar-refractivity contribution is 9.10. The molecule has 0 radical (unpaired) electrons. The average molecular weight is 536 g/mol. The lowest BCUT2D eigenvalue weighted by Crippen LogP contribution is -2.33. The van der Waals surface area contributed by atoms with Crippen LogP contribution in [0.3, 0.4) is 0 Å². The molecule has 4 rings (SSSR count). The Morgan fingerprint density at radius 3 is 2.86 bits per heavy atom. The number of likely N-dealkylation sites (tertiary alicyclic amines) is 1. The molecule has 0 atom stereocenters. The minimum absolute atomic E-state index is 0.0984. The van der Waals surface area contributed by atoms with Crippen molar-refractivity contribution in [1.82, 2.24) is 20.2 Å². The second-order valence-corrected chi connectivity index (χ2v) is 9.34. The summed E-state index contributed by atoms with van der Waals surface area (Å²) in [7, 11) is 0. The van der Waals surface area contributed by atoms with Crippen LogP contribution >= 0.6 is 15.9 Å². The van der Waals surface area contributed by atoms with E-state index in [1.165, 1.54) is 12.8 Å². The SMILES string of the molecule is C=CCOCc1cccc(-c2ccnc(Nc3cc(Br)cc(C(=O)NCCN4CCCC4)c3)n2)c1. The number of hydrogen-bond acceptors (Lipinski definition) is 6. The van der Waals surface area contributed by atoms with Crippen molar-refractivity contribution in [3.8, 4) is 11.3 Å². The van der Waals surface area contributed by atoms with Crippen molar-refractivity contribution < 1.29 is 9.53 Å². The lowest BCUT2D eigenvalue weighted by Gasteiger charge is -2.15. The average Bonchev–Trinajstić information content (AvgIpc) is 3.38. The summed E-state index contributed by atoms with van der Waals surface area (Å²) in [6, 6.07) is 15.5. The number of nitrogens with one attached hydrogen (secondary N) is 2. The highest BCUT2D eigenvalue weighted by atomic mass is 79.9. The molecule has 2 aromatic carbocycles. The molecule has 2 heterocycles. The maximum absolute atomic E-state index is 12.7. The van der Waals surface area contributed by atoms with Gasteiger partial charge < -0.3 is 20.3 Å². The number of aromatic nitrogens is 2. The number of carbonyl (C=O) groups excluding carboxylic acids is 1. The van der Waals surface area contributed by atoms with Crippen molar-refractivity contribution in [2.24, 2.45) is 0 Å². The molecule has 0 aliphatic carbocycles. The van der Waals surface area contributed by atoms with E-state index >= 15 is 0 Å². The fourth-order valence-electron chi connectivity index (χ4n) is 4.02. The van der Waals surface area contributed by atoms with Crippen LogP contribution in [0.2, 0.25) is 0 Å². The number of carbonyl (C=O) groups is 1. The third-order valence-electron chi connectivity index (χ3n) is 5.71. The van der Waals surface area contributed by atoms with E-state index in [0.717, 1.165) is 46.6 Å². The fourth-order valence-corrected chi connectivity index (χ4v) is 4.51. The van der Waals surface area contributed by atoms with E-state index < -0.39 is 0 Å². The number of hydrogen-bond donors (Lipinski definition) is 2. The second-order valence-electron chi connectivity index (χ2n) is 8.43. The molecule has 0 bridgehead atoms. The first-order valence-electron chi connectivity index (χ1n) is 11.8. The van der Waals surface area contributed by atoms with Crippen LogP contribution in [0.4, 0.5) is 11.6 Å². The quantitative estimate of drug-likeness (QED) is 0.260. The molecule has 0 spiro atoms. The molecular formula is C27H30BrN5O2. The first-order chi connectivity index (χ1) is 17.1. The Hall–Kier alpha value is -3.07. The van der Waals surface area contributed by atoms with E-state index in [4.69, 9.17) is 4.74 Å². The Morgan fingerprint density at radius 1 is 1.17 bits per heavy atom. The highest BCUT2D eigenvalue weighted by Gasteiger charge is 2.13. The second kappa shape index (κ2) is 12.6. The van der Waals surface area contributed by atoms with Crippen LogP contribution in [-0.2, 0) is 11.3 Å². The van der Waals surface area contributed by atoms with Gasteiger partial charge in [0.25, 0.3) is 5.91 Å². The predicted molar refractivity (Wildman–Crippen MR) is 143 cm³/mol. The summed E-state index contributed by atoms with van der Waals surface area (Å²) in [6.45, 7) is 8.45. The largest absolute Gasteiger partial charge is 0.373 e. The third-order valence-corrected chi connectivity index (χ3v) is 6.17. The van der Waals surface area contributed by atoms with Gasteiger partial charge in [-0.05, 0) is 61.8 Å².